The van der Waals surface area contributed by atoms with Crippen LogP contribution in [0, 0.1) is 5.92 Å². The minimum Gasteiger partial charge on any atom is -0.463 e. The van der Waals surface area contributed by atoms with Gasteiger partial charge >= 0.3 is 5.97 Å². The molecule has 19 heavy (non-hydrogen) atoms. The summed E-state index contributed by atoms with van der Waals surface area (Å²) in [5, 5.41) is 0. The van der Waals surface area contributed by atoms with E-state index >= 15 is 0 Å². The molecule has 0 rings (SSSR count). The second kappa shape index (κ2) is 10.6. The third-order valence-electron chi connectivity index (χ3n) is 2.83. The first-order chi connectivity index (χ1) is 8.97. The number of hydrogen-bond acceptors (Lipinski definition) is 2. The van der Waals surface area contributed by atoms with Crippen LogP contribution < -0.4 is 0 Å². The number of rotatable bonds is 8. The Kier molecular flexibility index (Phi) is 9.87. The zero-order valence-electron chi connectivity index (χ0n) is 13.0. The Labute approximate surface area is 118 Å². The van der Waals surface area contributed by atoms with E-state index in [-0.39, 0.29) is 5.97 Å². The van der Waals surface area contributed by atoms with E-state index in [1.54, 1.807) is 6.92 Å². The molecule has 2 nitrogen and oxygen atoms in total. The van der Waals surface area contributed by atoms with Gasteiger partial charge in [0.05, 0.1) is 6.61 Å². The Bertz CT molecular complexity index is 344. The first kappa shape index (κ1) is 17.7. The highest BCUT2D eigenvalue weighted by Crippen LogP contribution is 2.12. The van der Waals surface area contributed by atoms with E-state index < -0.39 is 0 Å². The van der Waals surface area contributed by atoms with Crippen molar-refractivity contribution in [2.24, 2.45) is 5.92 Å². The van der Waals surface area contributed by atoms with Crippen LogP contribution >= 0.6 is 0 Å². The fraction of sp³-hybridized carbons (Fsp3) is 0.588. The van der Waals surface area contributed by atoms with Gasteiger partial charge in [-0.2, -0.15) is 0 Å². The molecule has 0 aromatic rings. The van der Waals surface area contributed by atoms with Crippen molar-refractivity contribution in [3.05, 3.63) is 35.5 Å². The molecular formula is C17H28O2. The Morgan fingerprint density at radius 3 is 2.53 bits per heavy atom. The predicted octanol–water partition coefficient (Wildman–Crippen LogP) is 4.82. The minimum absolute atomic E-state index is 0.233. The summed E-state index contributed by atoms with van der Waals surface area (Å²) in [6.45, 7) is 10.5. The van der Waals surface area contributed by atoms with Gasteiger partial charge in [0, 0.05) is 5.57 Å². The average molecular weight is 264 g/mol. The summed E-state index contributed by atoms with van der Waals surface area (Å²) in [7, 11) is 0. The number of esters is 1. The van der Waals surface area contributed by atoms with Crippen molar-refractivity contribution in [2.75, 3.05) is 6.61 Å². The zero-order valence-corrected chi connectivity index (χ0v) is 13.0. The number of carbonyl (C=O) groups excluding carboxylic acids is 1. The lowest BCUT2D eigenvalue weighted by atomic mass is 10.0. The molecule has 108 valence electrons. The van der Waals surface area contributed by atoms with Crippen LogP contribution in [0.3, 0.4) is 0 Å². The first-order valence-corrected chi connectivity index (χ1v) is 7.11. The fourth-order valence-electron chi connectivity index (χ4n) is 1.61. The molecule has 1 atom stereocenters. The van der Waals surface area contributed by atoms with Gasteiger partial charge in [0.25, 0.3) is 0 Å². The van der Waals surface area contributed by atoms with Crippen LogP contribution in [0.2, 0.25) is 0 Å². The molecule has 0 radical (unpaired) electrons. The van der Waals surface area contributed by atoms with Crippen LogP contribution in [0.15, 0.2) is 35.5 Å². The van der Waals surface area contributed by atoms with Crippen LogP contribution in [0.25, 0.3) is 0 Å². The highest BCUT2D eigenvalue weighted by Gasteiger charge is 2.02. The molecule has 0 aliphatic heterocycles. The molecule has 0 saturated heterocycles. The summed E-state index contributed by atoms with van der Waals surface area (Å²) in [6.07, 6.45) is 11.6. The molecule has 2 heteroatoms. The van der Waals surface area contributed by atoms with E-state index in [1.807, 2.05) is 19.1 Å². The smallest absolute Gasteiger partial charge is 0.333 e. The van der Waals surface area contributed by atoms with E-state index in [0.29, 0.717) is 18.1 Å². The number of ether oxygens (including phenoxy) is 1. The third kappa shape index (κ3) is 10.3. The van der Waals surface area contributed by atoms with Crippen molar-refractivity contribution in [2.45, 2.75) is 53.9 Å². The van der Waals surface area contributed by atoms with Gasteiger partial charge < -0.3 is 4.74 Å². The lowest BCUT2D eigenvalue weighted by Crippen LogP contribution is -2.04. The molecule has 0 aliphatic carbocycles. The minimum atomic E-state index is -0.233. The fourth-order valence-corrected chi connectivity index (χ4v) is 1.61. The van der Waals surface area contributed by atoms with E-state index in [9.17, 15) is 4.79 Å². The van der Waals surface area contributed by atoms with Crippen molar-refractivity contribution in [3.63, 3.8) is 0 Å². The van der Waals surface area contributed by atoms with Crippen molar-refractivity contribution >= 4 is 5.97 Å². The quantitative estimate of drug-likeness (QED) is 0.272. The molecule has 0 aliphatic rings. The zero-order chi connectivity index (χ0) is 14.7. The number of hydrogen-bond donors (Lipinski definition) is 0. The summed E-state index contributed by atoms with van der Waals surface area (Å²) in [5.41, 5.74) is 2.03. The first-order valence-electron chi connectivity index (χ1n) is 7.11. The largest absolute Gasteiger partial charge is 0.463 e. The van der Waals surface area contributed by atoms with Gasteiger partial charge in [-0.25, -0.2) is 4.79 Å². The monoisotopic (exact) mass is 264 g/mol. The van der Waals surface area contributed by atoms with E-state index in [1.165, 1.54) is 12.0 Å². The lowest BCUT2D eigenvalue weighted by molar-refractivity contribution is -0.138. The normalized spacial score (nSPS) is 13.4. The summed E-state index contributed by atoms with van der Waals surface area (Å²) in [6, 6.07) is 0. The van der Waals surface area contributed by atoms with Crippen LogP contribution in [0.4, 0.5) is 0 Å². The maximum Gasteiger partial charge on any atom is 0.333 e. The second-order valence-corrected chi connectivity index (χ2v) is 5.20. The van der Waals surface area contributed by atoms with Crippen molar-refractivity contribution in [3.8, 4) is 0 Å². The molecule has 0 bridgehead atoms. The van der Waals surface area contributed by atoms with Crippen LogP contribution in [0.5, 0.6) is 0 Å². The topological polar surface area (TPSA) is 26.3 Å². The highest BCUT2D eigenvalue weighted by atomic mass is 16.5. The molecule has 0 aromatic carbocycles. The van der Waals surface area contributed by atoms with Gasteiger partial charge in [0.15, 0.2) is 0 Å². The average Bonchev–Trinajstić information content (AvgIpc) is 2.34. The Hall–Kier alpha value is -1.31. The van der Waals surface area contributed by atoms with Gasteiger partial charge in [-0.05, 0) is 52.9 Å². The Morgan fingerprint density at radius 2 is 1.95 bits per heavy atom. The van der Waals surface area contributed by atoms with Crippen LogP contribution in [-0.2, 0) is 9.53 Å². The Morgan fingerprint density at radius 1 is 1.26 bits per heavy atom. The van der Waals surface area contributed by atoms with Gasteiger partial charge in [-0.3, -0.25) is 0 Å². The molecule has 0 saturated carbocycles. The third-order valence-corrected chi connectivity index (χ3v) is 2.83. The highest BCUT2D eigenvalue weighted by molar-refractivity contribution is 5.88. The maximum atomic E-state index is 11.3. The van der Waals surface area contributed by atoms with Crippen LogP contribution in [0.1, 0.15) is 53.9 Å². The Balaban J connectivity index is 3.98. The molecule has 0 heterocycles. The molecule has 0 aromatic heterocycles. The molecular weight excluding hydrogens is 236 g/mol. The number of allylic oxidation sites excluding steroid dienone is 5. The maximum absolute atomic E-state index is 11.3. The van der Waals surface area contributed by atoms with E-state index in [2.05, 4.69) is 32.9 Å². The van der Waals surface area contributed by atoms with Crippen molar-refractivity contribution < 1.29 is 9.53 Å². The summed E-state index contributed by atoms with van der Waals surface area (Å²) < 4.78 is 4.91. The van der Waals surface area contributed by atoms with Gasteiger partial charge in [0.1, 0.15) is 0 Å². The molecule has 0 N–H and O–H groups in total. The van der Waals surface area contributed by atoms with E-state index in [0.717, 1.165) is 12.8 Å². The molecule has 0 spiro atoms. The van der Waals surface area contributed by atoms with Gasteiger partial charge in [0.2, 0.25) is 0 Å². The molecule has 1 unspecified atom stereocenters. The van der Waals surface area contributed by atoms with Crippen LogP contribution in [-0.4, -0.2) is 12.6 Å². The van der Waals surface area contributed by atoms with Crippen molar-refractivity contribution in [1.82, 2.24) is 0 Å². The predicted molar refractivity (Wildman–Crippen MR) is 82.0 cm³/mol. The summed E-state index contributed by atoms with van der Waals surface area (Å²) in [4.78, 5) is 11.3. The van der Waals surface area contributed by atoms with Crippen molar-refractivity contribution in [1.29, 1.82) is 0 Å². The lowest BCUT2D eigenvalue weighted by Gasteiger charge is -2.06. The molecule has 0 amide bonds. The van der Waals surface area contributed by atoms with Gasteiger partial charge in [-0.15, -0.1) is 0 Å². The summed E-state index contributed by atoms with van der Waals surface area (Å²) >= 11 is 0. The standard InChI is InChI=1S/C17H28O2/c1-6-19-17(18)16(5)13-8-7-11-15(4)12-9-10-14(2)3/h7-8,10,13,15H,6,9,11-12H2,1-5H3/b8-7+,16-13+. The SMILES string of the molecule is CCOC(=O)/C(C)=C/C=C/CC(C)CCC=C(C)C. The van der Waals surface area contributed by atoms with E-state index in [4.69, 9.17) is 4.74 Å². The molecule has 0 fully saturated rings. The number of carbonyl (C=O) groups is 1. The van der Waals surface area contributed by atoms with Gasteiger partial charge in [-0.1, -0.05) is 36.8 Å². The summed E-state index contributed by atoms with van der Waals surface area (Å²) in [5.74, 6) is 0.437. The second-order valence-electron chi connectivity index (χ2n) is 5.20.